The van der Waals surface area contributed by atoms with Crippen LogP contribution < -0.4 is 15.4 Å². The summed E-state index contributed by atoms with van der Waals surface area (Å²) in [6.07, 6.45) is 0. The number of fused-ring (bicyclic) bond motifs is 1. The van der Waals surface area contributed by atoms with Crippen molar-refractivity contribution in [1.82, 2.24) is 10.6 Å². The van der Waals surface area contributed by atoms with Gasteiger partial charge in [0.05, 0.1) is 18.8 Å². The zero-order valence-electron chi connectivity index (χ0n) is 16.6. The van der Waals surface area contributed by atoms with Crippen LogP contribution in [0.3, 0.4) is 0 Å². The quantitative estimate of drug-likeness (QED) is 0.621. The minimum absolute atomic E-state index is 0.00269. The molecule has 0 aromatic heterocycles. The van der Waals surface area contributed by atoms with Crippen LogP contribution in [0.15, 0.2) is 66.2 Å². The number of methoxy groups -OCH3 is 1. The SMILES string of the molecule is COc1ccc2cc([C@H]3NC(=S)NC(c4ccc(C)cc4)=C3C(C)=O)ccc2c1. The Hall–Kier alpha value is -3.18. The molecule has 0 aliphatic carbocycles. The molecule has 0 amide bonds. The average molecular weight is 403 g/mol. The monoisotopic (exact) mass is 402 g/mol. The largest absolute Gasteiger partial charge is 0.497 e. The van der Waals surface area contributed by atoms with Crippen LogP contribution in [-0.4, -0.2) is 18.0 Å². The molecule has 0 bridgehead atoms. The van der Waals surface area contributed by atoms with E-state index in [9.17, 15) is 4.79 Å². The molecule has 4 nitrogen and oxygen atoms in total. The highest BCUT2D eigenvalue weighted by Crippen LogP contribution is 2.33. The molecule has 3 aromatic carbocycles. The van der Waals surface area contributed by atoms with Crippen molar-refractivity contribution < 1.29 is 9.53 Å². The highest BCUT2D eigenvalue weighted by Gasteiger charge is 2.30. The summed E-state index contributed by atoms with van der Waals surface area (Å²) in [7, 11) is 1.66. The molecule has 0 spiro atoms. The van der Waals surface area contributed by atoms with Crippen molar-refractivity contribution in [3.8, 4) is 5.75 Å². The van der Waals surface area contributed by atoms with Gasteiger partial charge in [0.15, 0.2) is 10.9 Å². The summed E-state index contributed by atoms with van der Waals surface area (Å²) < 4.78 is 5.31. The molecule has 0 radical (unpaired) electrons. The van der Waals surface area contributed by atoms with Crippen molar-refractivity contribution in [2.75, 3.05) is 7.11 Å². The maximum Gasteiger partial charge on any atom is 0.171 e. The fourth-order valence-corrected chi connectivity index (χ4v) is 3.91. The number of nitrogens with one attached hydrogen (secondary N) is 2. The van der Waals surface area contributed by atoms with E-state index < -0.39 is 0 Å². The number of thiocarbonyl (C=S) groups is 1. The van der Waals surface area contributed by atoms with E-state index in [0.717, 1.165) is 38.9 Å². The number of aryl methyl sites for hydroxylation is 1. The molecule has 0 saturated carbocycles. The summed E-state index contributed by atoms with van der Waals surface area (Å²) in [4.78, 5) is 12.7. The van der Waals surface area contributed by atoms with Crippen LogP contribution in [0.1, 0.15) is 29.7 Å². The van der Waals surface area contributed by atoms with E-state index in [1.54, 1.807) is 14.0 Å². The van der Waals surface area contributed by atoms with E-state index in [1.165, 1.54) is 0 Å². The number of carbonyl (C=O) groups is 1. The summed E-state index contributed by atoms with van der Waals surface area (Å²) in [6.45, 7) is 3.64. The maximum atomic E-state index is 12.7. The molecule has 4 rings (SSSR count). The summed E-state index contributed by atoms with van der Waals surface area (Å²) in [5.41, 5.74) is 4.54. The number of hydrogen-bond donors (Lipinski definition) is 2. The van der Waals surface area contributed by atoms with Crippen LogP contribution in [0.5, 0.6) is 5.75 Å². The van der Waals surface area contributed by atoms with Crippen LogP contribution in [-0.2, 0) is 4.79 Å². The lowest BCUT2D eigenvalue weighted by atomic mass is 9.89. The number of Topliss-reactive ketones (excluding diaryl/α,β-unsaturated/α-hetero) is 1. The molecule has 29 heavy (non-hydrogen) atoms. The molecule has 1 heterocycles. The molecule has 0 fully saturated rings. The van der Waals surface area contributed by atoms with Crippen LogP contribution in [0, 0.1) is 6.92 Å². The molecule has 1 aliphatic rings. The third kappa shape index (κ3) is 3.74. The van der Waals surface area contributed by atoms with Crippen LogP contribution in [0.25, 0.3) is 16.5 Å². The predicted molar refractivity (Wildman–Crippen MR) is 121 cm³/mol. The van der Waals surface area contributed by atoms with E-state index >= 15 is 0 Å². The van der Waals surface area contributed by atoms with E-state index in [1.807, 2.05) is 61.5 Å². The first-order valence-corrected chi connectivity index (χ1v) is 9.84. The van der Waals surface area contributed by atoms with Gasteiger partial charge in [-0.25, -0.2) is 0 Å². The van der Waals surface area contributed by atoms with Crippen LogP contribution in [0.2, 0.25) is 0 Å². The Bertz CT molecular complexity index is 1150. The summed E-state index contributed by atoms with van der Waals surface area (Å²) in [6, 6.07) is 19.9. The van der Waals surface area contributed by atoms with Crippen molar-refractivity contribution in [2.24, 2.45) is 0 Å². The van der Waals surface area contributed by atoms with E-state index in [4.69, 9.17) is 17.0 Å². The Labute approximate surface area is 175 Å². The van der Waals surface area contributed by atoms with Crippen molar-refractivity contribution in [1.29, 1.82) is 0 Å². The normalized spacial score (nSPS) is 16.4. The first-order valence-electron chi connectivity index (χ1n) is 9.43. The molecule has 0 saturated heterocycles. The van der Waals surface area contributed by atoms with E-state index in [2.05, 4.69) is 16.7 Å². The Morgan fingerprint density at radius 3 is 2.38 bits per heavy atom. The van der Waals surface area contributed by atoms with Gasteiger partial charge in [0.25, 0.3) is 0 Å². The van der Waals surface area contributed by atoms with Gasteiger partial charge in [-0.05, 0) is 66.2 Å². The average Bonchev–Trinajstić information content (AvgIpc) is 2.72. The van der Waals surface area contributed by atoms with Gasteiger partial charge in [0.1, 0.15) is 5.75 Å². The second-order valence-corrected chi connectivity index (χ2v) is 7.62. The van der Waals surface area contributed by atoms with Gasteiger partial charge in [-0.1, -0.05) is 48.0 Å². The van der Waals surface area contributed by atoms with Crippen molar-refractivity contribution in [2.45, 2.75) is 19.9 Å². The van der Waals surface area contributed by atoms with Gasteiger partial charge in [0.2, 0.25) is 0 Å². The molecular formula is C24H22N2O2S. The van der Waals surface area contributed by atoms with Crippen molar-refractivity contribution in [3.05, 3.63) is 82.9 Å². The van der Waals surface area contributed by atoms with Crippen molar-refractivity contribution in [3.63, 3.8) is 0 Å². The third-order valence-electron chi connectivity index (χ3n) is 5.20. The molecule has 5 heteroatoms. The fraction of sp³-hybridized carbons (Fsp3) is 0.167. The van der Waals surface area contributed by atoms with Gasteiger partial charge in [0, 0.05) is 5.57 Å². The second kappa shape index (κ2) is 7.68. The molecular weight excluding hydrogens is 380 g/mol. The molecule has 0 unspecified atom stereocenters. The fourth-order valence-electron chi connectivity index (χ4n) is 3.69. The predicted octanol–water partition coefficient (Wildman–Crippen LogP) is 4.68. The lowest BCUT2D eigenvalue weighted by Crippen LogP contribution is -2.44. The van der Waals surface area contributed by atoms with Crippen molar-refractivity contribution >= 4 is 39.6 Å². The Morgan fingerprint density at radius 1 is 1.00 bits per heavy atom. The Morgan fingerprint density at radius 2 is 1.69 bits per heavy atom. The number of benzene rings is 3. The first kappa shape index (κ1) is 19.2. The lowest BCUT2D eigenvalue weighted by Gasteiger charge is -2.31. The van der Waals surface area contributed by atoms with Crippen LogP contribution >= 0.6 is 12.2 Å². The van der Waals surface area contributed by atoms with Gasteiger partial charge in [-0.2, -0.15) is 0 Å². The molecule has 3 aromatic rings. The Kier molecular flexibility index (Phi) is 5.07. The standard InChI is InChI=1S/C24H22N2O2S/c1-14-4-6-16(7-5-14)22-21(15(2)27)23(26-24(29)25-22)19-9-8-18-13-20(28-3)11-10-17(18)12-19/h4-13,23H,1-3H3,(H2,25,26,29)/t23-/m1/s1. The number of ether oxygens (including phenoxy) is 1. The zero-order valence-corrected chi connectivity index (χ0v) is 17.4. The van der Waals surface area contributed by atoms with Crippen LogP contribution in [0.4, 0.5) is 0 Å². The van der Waals surface area contributed by atoms with E-state index in [-0.39, 0.29) is 11.8 Å². The Balaban J connectivity index is 1.85. The minimum Gasteiger partial charge on any atom is -0.497 e. The van der Waals surface area contributed by atoms with E-state index in [0.29, 0.717) is 10.7 Å². The van der Waals surface area contributed by atoms with Gasteiger partial charge in [-0.3, -0.25) is 4.79 Å². The second-order valence-electron chi connectivity index (χ2n) is 7.21. The topological polar surface area (TPSA) is 50.4 Å². The van der Waals surface area contributed by atoms with Gasteiger partial charge < -0.3 is 15.4 Å². The first-order chi connectivity index (χ1) is 14.0. The summed E-state index contributed by atoms with van der Waals surface area (Å²) >= 11 is 5.47. The lowest BCUT2D eigenvalue weighted by molar-refractivity contribution is -0.113. The number of ketones is 1. The summed E-state index contributed by atoms with van der Waals surface area (Å²) in [5.74, 6) is 0.820. The molecule has 1 aliphatic heterocycles. The third-order valence-corrected chi connectivity index (χ3v) is 5.42. The number of carbonyl (C=O) groups excluding carboxylic acids is 1. The highest BCUT2D eigenvalue weighted by molar-refractivity contribution is 7.80. The van der Waals surface area contributed by atoms with Gasteiger partial charge in [-0.15, -0.1) is 0 Å². The maximum absolute atomic E-state index is 12.7. The van der Waals surface area contributed by atoms with Gasteiger partial charge >= 0.3 is 0 Å². The molecule has 146 valence electrons. The smallest absolute Gasteiger partial charge is 0.171 e. The minimum atomic E-state index is -0.316. The number of hydrogen-bond acceptors (Lipinski definition) is 3. The number of rotatable bonds is 4. The molecule has 1 atom stereocenters. The summed E-state index contributed by atoms with van der Waals surface area (Å²) in [5, 5.41) is 9.14. The zero-order chi connectivity index (χ0) is 20.5. The molecule has 2 N–H and O–H groups in total. The highest BCUT2D eigenvalue weighted by atomic mass is 32.1.